The maximum absolute atomic E-state index is 12.2. The van der Waals surface area contributed by atoms with Crippen molar-refractivity contribution in [1.82, 2.24) is 9.71 Å². The molecule has 0 saturated carbocycles. The van der Waals surface area contributed by atoms with Crippen molar-refractivity contribution in [2.45, 2.75) is 18.2 Å². The summed E-state index contributed by atoms with van der Waals surface area (Å²) in [5, 5.41) is 3.72. The number of nitrogens with one attached hydrogen (secondary N) is 2. The normalized spacial score (nSPS) is 11.8. The molecule has 0 aliphatic rings. The molecule has 6 nitrogen and oxygen atoms in total. The van der Waals surface area contributed by atoms with Crippen LogP contribution in [-0.4, -0.2) is 25.9 Å². The van der Waals surface area contributed by atoms with E-state index in [2.05, 4.69) is 15.0 Å². The number of carbonyl (C=O) groups excluding carboxylic acids is 1. The maximum atomic E-state index is 12.2. The van der Waals surface area contributed by atoms with Crippen LogP contribution in [0.25, 0.3) is 17.0 Å². The zero-order valence-electron chi connectivity index (χ0n) is 15.4. The highest BCUT2D eigenvalue weighted by Crippen LogP contribution is 2.18. The van der Waals surface area contributed by atoms with Gasteiger partial charge >= 0.3 is 0 Å². The van der Waals surface area contributed by atoms with Gasteiger partial charge in [0.25, 0.3) is 0 Å². The summed E-state index contributed by atoms with van der Waals surface area (Å²) in [7, 11) is -3.52. The monoisotopic (exact) mass is 395 g/mol. The van der Waals surface area contributed by atoms with Gasteiger partial charge in [-0.25, -0.2) is 13.1 Å². The molecular weight excluding hydrogens is 374 g/mol. The van der Waals surface area contributed by atoms with Gasteiger partial charge in [-0.05, 0) is 42.8 Å². The molecular formula is C21H21N3O3S. The molecule has 0 bridgehead atoms. The van der Waals surface area contributed by atoms with E-state index >= 15 is 0 Å². The van der Waals surface area contributed by atoms with Gasteiger partial charge in [0.2, 0.25) is 15.9 Å². The molecule has 0 fully saturated rings. The van der Waals surface area contributed by atoms with Crippen LogP contribution in [0.2, 0.25) is 0 Å². The van der Waals surface area contributed by atoms with Gasteiger partial charge in [-0.3, -0.25) is 9.78 Å². The molecule has 0 atom stereocenters. The predicted octanol–water partition coefficient (Wildman–Crippen LogP) is 3.58. The molecule has 28 heavy (non-hydrogen) atoms. The van der Waals surface area contributed by atoms with Gasteiger partial charge in [-0.2, -0.15) is 0 Å². The summed E-state index contributed by atoms with van der Waals surface area (Å²) in [6.07, 6.45) is 5.56. The molecule has 0 radical (unpaired) electrons. The van der Waals surface area contributed by atoms with Crippen LogP contribution < -0.4 is 10.0 Å². The minimum absolute atomic E-state index is 0.163. The van der Waals surface area contributed by atoms with Gasteiger partial charge < -0.3 is 5.32 Å². The van der Waals surface area contributed by atoms with E-state index in [1.807, 2.05) is 37.3 Å². The van der Waals surface area contributed by atoms with Crippen molar-refractivity contribution in [2.24, 2.45) is 0 Å². The third-order valence-electron chi connectivity index (χ3n) is 4.05. The van der Waals surface area contributed by atoms with Crippen LogP contribution in [0.5, 0.6) is 0 Å². The summed E-state index contributed by atoms with van der Waals surface area (Å²) in [6.45, 7) is 2.28. The second-order valence-corrected chi connectivity index (χ2v) is 7.93. The van der Waals surface area contributed by atoms with E-state index in [9.17, 15) is 13.2 Å². The lowest BCUT2D eigenvalue weighted by atomic mass is 10.1. The van der Waals surface area contributed by atoms with Crippen molar-refractivity contribution in [3.8, 4) is 0 Å². The zero-order valence-corrected chi connectivity index (χ0v) is 16.2. The summed E-state index contributed by atoms with van der Waals surface area (Å²) in [4.78, 5) is 16.7. The Labute approximate surface area is 164 Å². The molecule has 1 heterocycles. The Morgan fingerprint density at radius 1 is 1.07 bits per heavy atom. The summed E-state index contributed by atoms with van der Waals surface area (Å²) >= 11 is 0. The SMILES string of the molecule is CCCNS(=O)(=O)c1ccc(NC(=O)/C=C/c2cccc3cccnc23)cc1. The summed E-state index contributed by atoms with van der Waals surface area (Å²) in [5.41, 5.74) is 2.18. The number of amides is 1. The lowest BCUT2D eigenvalue weighted by Gasteiger charge is -2.07. The van der Waals surface area contributed by atoms with Crippen LogP contribution >= 0.6 is 0 Å². The van der Waals surface area contributed by atoms with E-state index in [4.69, 9.17) is 0 Å². The fourth-order valence-corrected chi connectivity index (χ4v) is 3.78. The Balaban J connectivity index is 1.69. The van der Waals surface area contributed by atoms with Gasteiger partial charge in [-0.1, -0.05) is 31.2 Å². The molecule has 3 rings (SSSR count). The van der Waals surface area contributed by atoms with Crippen molar-refractivity contribution in [1.29, 1.82) is 0 Å². The number of fused-ring (bicyclic) bond motifs is 1. The number of anilines is 1. The highest BCUT2D eigenvalue weighted by Gasteiger charge is 2.12. The van der Waals surface area contributed by atoms with Crippen LogP contribution in [0.4, 0.5) is 5.69 Å². The number of sulfonamides is 1. The van der Waals surface area contributed by atoms with E-state index < -0.39 is 10.0 Å². The lowest BCUT2D eigenvalue weighted by Crippen LogP contribution is -2.24. The number of nitrogens with zero attached hydrogens (tertiary/aromatic N) is 1. The van der Waals surface area contributed by atoms with Gasteiger partial charge in [0.15, 0.2) is 0 Å². The molecule has 144 valence electrons. The van der Waals surface area contributed by atoms with Gasteiger partial charge in [-0.15, -0.1) is 0 Å². The molecule has 0 saturated heterocycles. The number of rotatable bonds is 7. The molecule has 1 amide bonds. The van der Waals surface area contributed by atoms with Crippen LogP contribution in [0.15, 0.2) is 71.8 Å². The Hall–Kier alpha value is -3.03. The van der Waals surface area contributed by atoms with Gasteiger partial charge in [0.05, 0.1) is 10.4 Å². The molecule has 0 aliphatic carbocycles. The number of aromatic nitrogens is 1. The standard InChI is InChI=1S/C21H21N3O3S/c1-2-14-23-28(26,27)19-11-9-18(10-12-19)24-20(25)13-8-17-6-3-5-16-7-4-15-22-21(16)17/h3-13,15,23H,2,14H2,1H3,(H,24,25)/b13-8+. The molecule has 0 spiro atoms. The first-order valence-electron chi connectivity index (χ1n) is 8.92. The number of carbonyl (C=O) groups is 1. The molecule has 3 aromatic rings. The van der Waals surface area contributed by atoms with Crippen molar-refractivity contribution in [3.05, 3.63) is 72.4 Å². The van der Waals surface area contributed by atoms with Crippen molar-refractivity contribution >= 4 is 38.6 Å². The second-order valence-electron chi connectivity index (χ2n) is 6.17. The molecule has 0 unspecified atom stereocenters. The van der Waals surface area contributed by atoms with Gasteiger partial charge in [0, 0.05) is 35.5 Å². The largest absolute Gasteiger partial charge is 0.323 e. The topological polar surface area (TPSA) is 88.2 Å². The first-order chi connectivity index (χ1) is 13.5. The van der Waals surface area contributed by atoms with Gasteiger partial charge in [0.1, 0.15) is 0 Å². The quantitative estimate of drug-likeness (QED) is 0.599. The van der Waals surface area contributed by atoms with E-state index in [-0.39, 0.29) is 10.8 Å². The minimum Gasteiger partial charge on any atom is -0.323 e. The number of hydrogen-bond acceptors (Lipinski definition) is 4. The number of para-hydroxylation sites is 1. The van der Waals surface area contributed by atoms with Crippen LogP contribution in [0.3, 0.4) is 0 Å². The third kappa shape index (κ3) is 4.82. The third-order valence-corrected chi connectivity index (χ3v) is 5.53. The fraction of sp³-hybridized carbons (Fsp3) is 0.143. The average molecular weight is 395 g/mol. The fourth-order valence-electron chi connectivity index (χ4n) is 2.65. The summed E-state index contributed by atoms with van der Waals surface area (Å²) in [6, 6.07) is 15.6. The number of pyridine rings is 1. The maximum Gasteiger partial charge on any atom is 0.248 e. The second kappa shape index (κ2) is 8.77. The highest BCUT2D eigenvalue weighted by atomic mass is 32.2. The number of hydrogen-bond donors (Lipinski definition) is 2. The average Bonchev–Trinajstić information content (AvgIpc) is 2.71. The minimum atomic E-state index is -3.52. The first-order valence-corrected chi connectivity index (χ1v) is 10.4. The highest BCUT2D eigenvalue weighted by molar-refractivity contribution is 7.89. The van der Waals surface area contributed by atoms with E-state index in [1.165, 1.54) is 18.2 Å². The molecule has 1 aromatic heterocycles. The lowest BCUT2D eigenvalue weighted by molar-refractivity contribution is -0.111. The zero-order chi connectivity index (χ0) is 20.0. The Bertz CT molecular complexity index is 1100. The van der Waals surface area contributed by atoms with Crippen molar-refractivity contribution < 1.29 is 13.2 Å². The first kappa shape index (κ1) is 19.7. The van der Waals surface area contributed by atoms with Crippen LogP contribution in [0.1, 0.15) is 18.9 Å². The van der Waals surface area contributed by atoms with Crippen molar-refractivity contribution in [2.75, 3.05) is 11.9 Å². The van der Waals surface area contributed by atoms with E-state index in [0.29, 0.717) is 18.7 Å². The summed E-state index contributed by atoms with van der Waals surface area (Å²) in [5.74, 6) is -0.312. The smallest absolute Gasteiger partial charge is 0.248 e. The summed E-state index contributed by atoms with van der Waals surface area (Å²) < 4.78 is 26.7. The van der Waals surface area contributed by atoms with E-state index in [1.54, 1.807) is 24.4 Å². The Kier molecular flexibility index (Phi) is 6.18. The number of benzene rings is 2. The van der Waals surface area contributed by atoms with Crippen LogP contribution in [0, 0.1) is 0 Å². The van der Waals surface area contributed by atoms with E-state index in [0.717, 1.165) is 16.5 Å². The molecule has 7 heteroatoms. The predicted molar refractivity (Wildman–Crippen MR) is 111 cm³/mol. The molecule has 0 aliphatic heterocycles. The molecule has 2 aromatic carbocycles. The Morgan fingerprint density at radius 2 is 1.82 bits per heavy atom. The van der Waals surface area contributed by atoms with Crippen molar-refractivity contribution in [3.63, 3.8) is 0 Å². The molecule has 2 N–H and O–H groups in total. The van der Waals surface area contributed by atoms with Crippen LogP contribution in [-0.2, 0) is 14.8 Å². The Morgan fingerprint density at radius 3 is 2.57 bits per heavy atom.